The molecule has 0 rings (SSSR count). The summed E-state index contributed by atoms with van der Waals surface area (Å²) in [6, 6.07) is 0. The summed E-state index contributed by atoms with van der Waals surface area (Å²) in [7, 11) is 0. The Morgan fingerprint density at radius 2 is 2.18 bits per heavy atom. The highest BCUT2D eigenvalue weighted by Crippen LogP contribution is 1.91. The van der Waals surface area contributed by atoms with E-state index in [-0.39, 0.29) is 0 Å². The Balaban J connectivity index is 3.67. The van der Waals surface area contributed by atoms with Crippen molar-refractivity contribution >= 4 is 5.97 Å². The van der Waals surface area contributed by atoms with E-state index in [0.29, 0.717) is 6.42 Å². The molecule has 0 aliphatic rings. The van der Waals surface area contributed by atoms with Gasteiger partial charge < -0.3 is 10.2 Å². The summed E-state index contributed by atoms with van der Waals surface area (Å²) in [4.78, 5) is 9.93. The van der Waals surface area contributed by atoms with Crippen LogP contribution in [0.25, 0.3) is 0 Å². The van der Waals surface area contributed by atoms with E-state index in [1.54, 1.807) is 6.08 Å². The van der Waals surface area contributed by atoms with E-state index in [4.69, 9.17) is 10.2 Å². The van der Waals surface area contributed by atoms with E-state index in [0.717, 1.165) is 6.08 Å². The average molecular weight is 156 g/mol. The van der Waals surface area contributed by atoms with Crippen LogP contribution in [0.5, 0.6) is 0 Å². The molecule has 0 spiro atoms. The quantitative estimate of drug-likeness (QED) is 0.470. The molecular weight excluding hydrogens is 144 g/mol. The van der Waals surface area contributed by atoms with Gasteiger partial charge in [0.1, 0.15) is 0 Å². The molecule has 0 fully saturated rings. The molecule has 0 aliphatic heterocycles. The molecule has 0 amide bonds. The molecule has 0 bridgehead atoms. The molecule has 0 aromatic heterocycles. The number of aliphatic hydroxyl groups excluding tert-OH is 1. The van der Waals surface area contributed by atoms with Crippen molar-refractivity contribution in [3.8, 4) is 0 Å². The second-order valence-corrected chi connectivity index (χ2v) is 2.06. The van der Waals surface area contributed by atoms with Crippen LogP contribution < -0.4 is 0 Å². The summed E-state index contributed by atoms with van der Waals surface area (Å²) in [5.41, 5.74) is 0. The maximum Gasteiger partial charge on any atom is 0.328 e. The van der Waals surface area contributed by atoms with Gasteiger partial charge in [-0.2, -0.15) is 0 Å². The number of rotatable bonds is 4. The molecule has 0 aliphatic carbocycles. The summed E-state index contributed by atoms with van der Waals surface area (Å²) in [5, 5.41) is 17.1. The van der Waals surface area contributed by atoms with Crippen LogP contribution in [-0.4, -0.2) is 22.3 Å². The van der Waals surface area contributed by atoms with Crippen molar-refractivity contribution in [1.29, 1.82) is 0 Å². The van der Waals surface area contributed by atoms with Crippen molar-refractivity contribution in [1.82, 2.24) is 0 Å². The third kappa shape index (κ3) is 6.80. The number of carbonyl (C=O) groups is 1. The minimum atomic E-state index is -0.986. The number of carboxylic acid groups (broad SMARTS) is 1. The number of aliphatic hydroxyl groups is 1. The number of allylic oxidation sites excluding steroid dienone is 2. The molecule has 0 aromatic carbocycles. The average Bonchev–Trinajstić information content (AvgIpc) is 1.97. The largest absolute Gasteiger partial charge is 0.478 e. The first-order valence-corrected chi connectivity index (χ1v) is 3.42. The lowest BCUT2D eigenvalue weighted by molar-refractivity contribution is -0.131. The van der Waals surface area contributed by atoms with Gasteiger partial charge in [-0.3, -0.25) is 0 Å². The standard InChI is InChI=1S/C8H12O3/c1-2-7(9)5-3-4-6-8(10)11/h3-7,9H,2H2,1H3,(H,10,11)/b5-3+,6-4+/t7-/m0/s1. The van der Waals surface area contributed by atoms with Crippen molar-refractivity contribution in [2.24, 2.45) is 0 Å². The lowest BCUT2D eigenvalue weighted by Gasteiger charge is -1.95. The van der Waals surface area contributed by atoms with Gasteiger partial charge in [0, 0.05) is 6.08 Å². The molecule has 3 heteroatoms. The van der Waals surface area contributed by atoms with Crippen LogP contribution in [0.3, 0.4) is 0 Å². The maximum absolute atomic E-state index is 9.93. The van der Waals surface area contributed by atoms with E-state index in [1.165, 1.54) is 12.2 Å². The molecule has 0 aromatic rings. The molecule has 1 atom stereocenters. The van der Waals surface area contributed by atoms with Gasteiger partial charge in [0.05, 0.1) is 6.10 Å². The van der Waals surface area contributed by atoms with Crippen LogP contribution in [0, 0.1) is 0 Å². The number of aliphatic carboxylic acids is 1. The van der Waals surface area contributed by atoms with Crippen molar-refractivity contribution in [2.45, 2.75) is 19.4 Å². The molecule has 11 heavy (non-hydrogen) atoms. The smallest absolute Gasteiger partial charge is 0.328 e. The molecule has 0 heterocycles. The Bertz CT molecular complexity index is 170. The Morgan fingerprint density at radius 3 is 2.64 bits per heavy atom. The molecule has 62 valence electrons. The first-order valence-electron chi connectivity index (χ1n) is 3.42. The lowest BCUT2D eigenvalue weighted by atomic mass is 10.2. The van der Waals surface area contributed by atoms with Crippen molar-refractivity contribution in [3.63, 3.8) is 0 Å². The maximum atomic E-state index is 9.93. The zero-order chi connectivity index (χ0) is 8.69. The summed E-state index contributed by atoms with van der Waals surface area (Å²) < 4.78 is 0. The van der Waals surface area contributed by atoms with E-state index >= 15 is 0 Å². The lowest BCUT2D eigenvalue weighted by Crippen LogP contribution is -1.97. The predicted molar refractivity (Wildman–Crippen MR) is 42.2 cm³/mol. The van der Waals surface area contributed by atoms with Crippen LogP contribution in [0.2, 0.25) is 0 Å². The van der Waals surface area contributed by atoms with Crippen LogP contribution in [0.15, 0.2) is 24.3 Å². The summed E-state index contributed by atoms with van der Waals surface area (Å²) >= 11 is 0. The van der Waals surface area contributed by atoms with E-state index in [1.807, 2.05) is 6.92 Å². The first-order chi connectivity index (χ1) is 5.16. The van der Waals surface area contributed by atoms with Gasteiger partial charge in [-0.05, 0) is 6.42 Å². The third-order valence-electron chi connectivity index (χ3n) is 1.10. The van der Waals surface area contributed by atoms with Crippen LogP contribution in [0.1, 0.15) is 13.3 Å². The third-order valence-corrected chi connectivity index (χ3v) is 1.10. The fourth-order valence-corrected chi connectivity index (χ4v) is 0.466. The number of carboxylic acids is 1. The van der Waals surface area contributed by atoms with E-state index in [2.05, 4.69) is 0 Å². The highest BCUT2D eigenvalue weighted by molar-refractivity contribution is 5.80. The zero-order valence-electron chi connectivity index (χ0n) is 6.40. The Hall–Kier alpha value is -1.09. The molecular formula is C8H12O3. The van der Waals surface area contributed by atoms with Crippen LogP contribution in [-0.2, 0) is 4.79 Å². The summed E-state index contributed by atoms with van der Waals surface area (Å²) in [6.07, 6.45) is 5.60. The minimum absolute atomic E-state index is 0.478. The van der Waals surface area contributed by atoms with Gasteiger partial charge in [-0.1, -0.05) is 25.2 Å². The molecule has 0 saturated carbocycles. The first kappa shape index (κ1) is 9.91. The number of hydrogen-bond donors (Lipinski definition) is 2. The van der Waals surface area contributed by atoms with Gasteiger partial charge in [0.25, 0.3) is 0 Å². The van der Waals surface area contributed by atoms with E-state index in [9.17, 15) is 4.79 Å². The SMILES string of the molecule is CC[C@H](O)/C=C/C=C/C(=O)O. The number of hydrogen-bond acceptors (Lipinski definition) is 2. The van der Waals surface area contributed by atoms with E-state index < -0.39 is 12.1 Å². The Labute approximate surface area is 65.7 Å². The Kier molecular flexibility index (Phi) is 5.11. The molecule has 0 radical (unpaired) electrons. The van der Waals surface area contributed by atoms with Crippen molar-refractivity contribution in [2.75, 3.05) is 0 Å². The van der Waals surface area contributed by atoms with Crippen LogP contribution >= 0.6 is 0 Å². The molecule has 0 saturated heterocycles. The van der Waals surface area contributed by atoms with Gasteiger partial charge >= 0.3 is 5.97 Å². The van der Waals surface area contributed by atoms with Gasteiger partial charge in [0.2, 0.25) is 0 Å². The fourth-order valence-electron chi connectivity index (χ4n) is 0.466. The van der Waals surface area contributed by atoms with Gasteiger partial charge in [-0.15, -0.1) is 0 Å². The minimum Gasteiger partial charge on any atom is -0.478 e. The Morgan fingerprint density at radius 1 is 1.55 bits per heavy atom. The molecule has 2 N–H and O–H groups in total. The van der Waals surface area contributed by atoms with Crippen molar-refractivity contribution < 1.29 is 15.0 Å². The monoisotopic (exact) mass is 156 g/mol. The zero-order valence-corrected chi connectivity index (χ0v) is 6.40. The fraction of sp³-hybridized carbons (Fsp3) is 0.375. The summed E-state index contributed by atoms with van der Waals surface area (Å²) in [6.45, 7) is 1.84. The van der Waals surface area contributed by atoms with Crippen LogP contribution in [0.4, 0.5) is 0 Å². The van der Waals surface area contributed by atoms with Gasteiger partial charge in [-0.25, -0.2) is 4.79 Å². The second kappa shape index (κ2) is 5.68. The summed E-state index contributed by atoms with van der Waals surface area (Å²) in [5.74, 6) is -0.986. The highest BCUT2D eigenvalue weighted by atomic mass is 16.4. The second-order valence-electron chi connectivity index (χ2n) is 2.06. The molecule has 3 nitrogen and oxygen atoms in total. The normalized spacial score (nSPS) is 14.4. The highest BCUT2D eigenvalue weighted by Gasteiger charge is 1.89. The van der Waals surface area contributed by atoms with Crippen molar-refractivity contribution in [3.05, 3.63) is 24.3 Å². The topological polar surface area (TPSA) is 57.5 Å². The predicted octanol–water partition coefficient (Wildman–Crippen LogP) is 0.954. The van der Waals surface area contributed by atoms with Gasteiger partial charge in [0.15, 0.2) is 0 Å². The molecule has 0 unspecified atom stereocenters.